The fraction of sp³-hybridized carbons (Fsp3) is 0.259. The molecule has 3 aromatic heterocycles. The van der Waals surface area contributed by atoms with Crippen LogP contribution >= 0.6 is 0 Å². The van der Waals surface area contributed by atoms with E-state index in [4.69, 9.17) is 4.98 Å². The topological polar surface area (TPSA) is 125 Å². The third kappa shape index (κ3) is 6.10. The number of aliphatic hydroxyl groups excluding tert-OH is 1. The first-order valence-corrected chi connectivity index (χ1v) is 11.6. The number of nitrogens with zero attached hydrogens (tertiary/aromatic N) is 7. The van der Waals surface area contributed by atoms with Crippen molar-refractivity contribution in [2.75, 3.05) is 11.9 Å². The van der Waals surface area contributed by atoms with Crippen molar-refractivity contribution in [3.8, 4) is 28.7 Å². The van der Waals surface area contributed by atoms with Gasteiger partial charge in [0.2, 0.25) is 5.95 Å². The Kier molecular flexibility index (Phi) is 7.06. The summed E-state index contributed by atoms with van der Waals surface area (Å²) in [6.07, 6.45) is 2.19. The van der Waals surface area contributed by atoms with Crippen LogP contribution in [0.5, 0.6) is 0 Å². The average molecular weight is 481 g/mol. The van der Waals surface area contributed by atoms with Gasteiger partial charge in [-0.3, -0.25) is 4.98 Å². The van der Waals surface area contributed by atoms with Crippen molar-refractivity contribution < 1.29 is 5.11 Å². The van der Waals surface area contributed by atoms with Gasteiger partial charge in [0, 0.05) is 29.6 Å². The summed E-state index contributed by atoms with van der Waals surface area (Å²) in [4.78, 5) is 14.0. The maximum Gasteiger partial charge on any atom is 0.223 e. The minimum absolute atomic E-state index is 0.0461. The molecule has 0 bridgehead atoms. The van der Waals surface area contributed by atoms with E-state index in [-0.39, 0.29) is 11.2 Å². The molecular formula is C27H28N8O. The highest BCUT2D eigenvalue weighted by molar-refractivity contribution is 5.68. The number of benzene rings is 1. The van der Waals surface area contributed by atoms with Crippen LogP contribution in [0.3, 0.4) is 0 Å². The molecule has 0 amide bonds. The van der Waals surface area contributed by atoms with Crippen LogP contribution in [-0.4, -0.2) is 41.6 Å². The fourth-order valence-electron chi connectivity index (χ4n) is 3.52. The van der Waals surface area contributed by atoms with Gasteiger partial charge in [-0.25, -0.2) is 14.6 Å². The van der Waals surface area contributed by atoms with Crippen LogP contribution in [0, 0.1) is 11.3 Å². The van der Waals surface area contributed by atoms with Crippen molar-refractivity contribution in [3.63, 3.8) is 0 Å². The Balaban J connectivity index is 1.65. The van der Waals surface area contributed by atoms with E-state index < -0.39 is 0 Å². The van der Waals surface area contributed by atoms with Gasteiger partial charge in [0.05, 0.1) is 47.2 Å². The Morgan fingerprint density at radius 3 is 2.58 bits per heavy atom. The molecule has 3 heterocycles. The molecule has 0 spiro atoms. The number of nitrogens with one attached hydrogen (secondary N) is 1. The molecule has 0 saturated heterocycles. The van der Waals surface area contributed by atoms with Crippen molar-refractivity contribution in [2.45, 2.75) is 39.2 Å². The molecule has 4 aromatic rings. The predicted molar refractivity (Wildman–Crippen MR) is 138 cm³/mol. The van der Waals surface area contributed by atoms with Gasteiger partial charge in [-0.2, -0.15) is 5.26 Å². The molecule has 9 heteroatoms. The highest BCUT2D eigenvalue weighted by Crippen LogP contribution is 2.25. The van der Waals surface area contributed by atoms with Crippen LogP contribution < -0.4 is 5.32 Å². The molecule has 0 aliphatic heterocycles. The van der Waals surface area contributed by atoms with Crippen LogP contribution in [0.25, 0.3) is 22.6 Å². The molecule has 0 radical (unpaired) electrons. The molecule has 1 aromatic carbocycles. The van der Waals surface area contributed by atoms with Crippen LogP contribution in [0.1, 0.15) is 44.1 Å². The van der Waals surface area contributed by atoms with E-state index in [1.165, 1.54) is 0 Å². The lowest BCUT2D eigenvalue weighted by Gasteiger charge is -2.18. The zero-order valence-electron chi connectivity index (χ0n) is 20.6. The lowest BCUT2D eigenvalue weighted by Crippen LogP contribution is -2.15. The Morgan fingerprint density at radius 2 is 1.83 bits per heavy atom. The standard InChI is InChI=1S/C27H28N8O/c1-18(36)11-12-29-26-31-22(20-8-5-7-19(13-20)15-28)14-23(32-26)24-17-35(34-33-24)16-21-9-6-10-25(30-21)27(2,3)4/h5-10,13-14,17,36H,1,11-12,16H2,2-4H3,(H,29,31,32). The van der Waals surface area contributed by atoms with E-state index in [0.717, 1.165) is 17.0 Å². The third-order valence-corrected chi connectivity index (χ3v) is 5.41. The number of pyridine rings is 1. The predicted octanol–water partition coefficient (Wildman–Crippen LogP) is 4.89. The van der Waals surface area contributed by atoms with Crippen LogP contribution in [0.4, 0.5) is 5.95 Å². The number of aromatic nitrogens is 6. The third-order valence-electron chi connectivity index (χ3n) is 5.41. The first kappa shape index (κ1) is 24.5. The van der Waals surface area contributed by atoms with Crippen molar-refractivity contribution in [2.24, 2.45) is 0 Å². The second kappa shape index (κ2) is 10.4. The van der Waals surface area contributed by atoms with Crippen LogP contribution in [0.15, 0.2) is 67.1 Å². The number of aliphatic hydroxyl groups is 1. The number of rotatable bonds is 8. The molecule has 2 N–H and O–H groups in total. The first-order chi connectivity index (χ1) is 17.2. The summed E-state index contributed by atoms with van der Waals surface area (Å²) in [6, 6.07) is 17.2. The maximum absolute atomic E-state index is 9.41. The second-order valence-electron chi connectivity index (χ2n) is 9.46. The lowest BCUT2D eigenvalue weighted by atomic mass is 9.91. The van der Waals surface area contributed by atoms with Crippen molar-refractivity contribution in [1.82, 2.24) is 29.9 Å². The maximum atomic E-state index is 9.41. The van der Waals surface area contributed by atoms with E-state index in [1.54, 1.807) is 16.8 Å². The molecule has 0 aliphatic rings. The zero-order chi connectivity index (χ0) is 25.7. The molecule has 0 saturated carbocycles. The van der Waals surface area contributed by atoms with Gasteiger partial charge in [0.25, 0.3) is 0 Å². The van der Waals surface area contributed by atoms with Crippen molar-refractivity contribution >= 4 is 5.95 Å². The van der Waals surface area contributed by atoms with E-state index in [0.29, 0.717) is 48.1 Å². The van der Waals surface area contributed by atoms with E-state index >= 15 is 0 Å². The molecule has 0 aliphatic carbocycles. The molecule has 9 nitrogen and oxygen atoms in total. The fourth-order valence-corrected chi connectivity index (χ4v) is 3.52. The summed E-state index contributed by atoms with van der Waals surface area (Å²) in [7, 11) is 0. The lowest BCUT2D eigenvalue weighted by molar-refractivity contribution is 0.395. The van der Waals surface area contributed by atoms with E-state index in [1.807, 2.05) is 42.6 Å². The SMILES string of the molecule is C=C(O)CCNc1nc(-c2cccc(C#N)c2)cc(-c2cn(Cc3cccc(C(C)(C)C)n3)nn2)n1. The minimum atomic E-state index is -0.0461. The summed E-state index contributed by atoms with van der Waals surface area (Å²) in [5.41, 5.74) is 4.97. The Morgan fingerprint density at radius 1 is 1.06 bits per heavy atom. The van der Waals surface area contributed by atoms with Crippen LogP contribution in [0.2, 0.25) is 0 Å². The van der Waals surface area contributed by atoms with Gasteiger partial charge in [-0.1, -0.05) is 50.8 Å². The molecule has 0 fully saturated rings. The van der Waals surface area contributed by atoms with Crippen LogP contribution in [-0.2, 0) is 12.0 Å². The van der Waals surface area contributed by atoms with Gasteiger partial charge in [-0.15, -0.1) is 5.10 Å². The molecule has 0 atom stereocenters. The van der Waals surface area contributed by atoms with Gasteiger partial charge in [-0.05, 0) is 30.3 Å². The second-order valence-corrected chi connectivity index (χ2v) is 9.46. The number of hydrogen-bond acceptors (Lipinski definition) is 8. The van der Waals surface area contributed by atoms with Gasteiger partial charge >= 0.3 is 0 Å². The molecule has 4 rings (SSSR count). The smallest absolute Gasteiger partial charge is 0.223 e. The van der Waals surface area contributed by atoms with Gasteiger partial charge in [0.1, 0.15) is 5.69 Å². The Bertz CT molecular complexity index is 1430. The molecule has 182 valence electrons. The average Bonchev–Trinajstić information content (AvgIpc) is 3.32. The Labute approximate surface area is 210 Å². The number of hydrogen-bond donors (Lipinski definition) is 2. The minimum Gasteiger partial charge on any atom is -0.513 e. The van der Waals surface area contributed by atoms with Gasteiger partial charge in [0.15, 0.2) is 0 Å². The molecule has 0 unspecified atom stereocenters. The monoisotopic (exact) mass is 480 g/mol. The largest absolute Gasteiger partial charge is 0.513 e. The van der Waals surface area contributed by atoms with Gasteiger partial charge < -0.3 is 10.4 Å². The summed E-state index contributed by atoms with van der Waals surface area (Å²) in [5, 5.41) is 30.4. The van der Waals surface area contributed by atoms with E-state index in [2.05, 4.69) is 59.0 Å². The van der Waals surface area contributed by atoms with Crippen molar-refractivity contribution in [3.05, 3.63) is 84.0 Å². The molecule has 36 heavy (non-hydrogen) atoms. The quantitative estimate of drug-likeness (QED) is 0.342. The van der Waals surface area contributed by atoms with E-state index in [9.17, 15) is 10.4 Å². The number of anilines is 1. The highest BCUT2D eigenvalue weighted by Gasteiger charge is 2.16. The highest BCUT2D eigenvalue weighted by atomic mass is 16.3. The normalized spacial score (nSPS) is 11.2. The number of nitriles is 1. The summed E-state index contributed by atoms with van der Waals surface area (Å²) >= 11 is 0. The first-order valence-electron chi connectivity index (χ1n) is 11.6. The Hall–Kier alpha value is -4.58. The summed E-state index contributed by atoms with van der Waals surface area (Å²) < 4.78 is 1.73. The zero-order valence-corrected chi connectivity index (χ0v) is 20.6. The summed E-state index contributed by atoms with van der Waals surface area (Å²) in [6.45, 7) is 10.8. The van der Waals surface area contributed by atoms with Crippen molar-refractivity contribution in [1.29, 1.82) is 5.26 Å². The summed E-state index contributed by atoms with van der Waals surface area (Å²) in [5.74, 6) is 0.452. The molecular weight excluding hydrogens is 452 g/mol.